The van der Waals surface area contributed by atoms with Crippen LogP contribution in [0.5, 0.6) is 0 Å². The van der Waals surface area contributed by atoms with Gasteiger partial charge in [0.2, 0.25) is 0 Å². The number of fused-ring (bicyclic) bond motifs is 2. The molecule has 0 spiro atoms. The lowest BCUT2D eigenvalue weighted by atomic mass is 9.99. The summed E-state index contributed by atoms with van der Waals surface area (Å²) >= 11 is 0. The van der Waals surface area contributed by atoms with Crippen molar-refractivity contribution in [2.45, 2.75) is 68.4 Å². The van der Waals surface area contributed by atoms with Crippen LogP contribution in [0, 0.1) is 41.5 Å². The Kier molecular flexibility index (Phi) is 14.1. The van der Waals surface area contributed by atoms with Crippen LogP contribution >= 0.6 is 0 Å². The molecule has 0 saturated carbocycles. The minimum atomic E-state index is -0.886. The van der Waals surface area contributed by atoms with E-state index in [0.29, 0.717) is 36.1 Å². The molecule has 10 nitrogen and oxygen atoms in total. The number of hydrogen-bond donors (Lipinski definition) is 4. The topological polar surface area (TPSA) is 156 Å². The summed E-state index contributed by atoms with van der Waals surface area (Å²) in [6.07, 6.45) is 0.737. The molecule has 0 aliphatic rings. The number of carbonyl (C=O) groups is 2. The van der Waals surface area contributed by atoms with Gasteiger partial charge in [-0.1, -0.05) is 80.2 Å². The molecule has 0 bridgehead atoms. The first-order chi connectivity index (χ1) is 28.3. The third kappa shape index (κ3) is 9.14. The number of para-hydroxylation sites is 4. The van der Waals surface area contributed by atoms with Crippen molar-refractivity contribution in [3.63, 3.8) is 0 Å². The molecule has 0 aliphatic carbocycles. The van der Waals surface area contributed by atoms with Crippen LogP contribution in [0.4, 0.5) is 0 Å². The van der Waals surface area contributed by atoms with E-state index in [1.54, 1.807) is 0 Å². The highest BCUT2D eigenvalue weighted by Gasteiger charge is 2.22. The van der Waals surface area contributed by atoms with Crippen LogP contribution in [0.15, 0.2) is 131 Å². The summed E-state index contributed by atoms with van der Waals surface area (Å²) in [7, 11) is 0. The number of carbonyl (C=O) groups excluding carboxylic acids is 1. The first kappa shape index (κ1) is 44.1. The molecule has 0 fully saturated rings. The average Bonchev–Trinajstić information content (AvgIpc) is 3.68. The first-order valence-electron chi connectivity index (χ1n) is 19.5. The summed E-state index contributed by atoms with van der Waals surface area (Å²) in [4.78, 5) is 53.7. The number of aromatic carboxylic acids is 1. The van der Waals surface area contributed by atoms with Crippen molar-refractivity contribution in [2.75, 3.05) is 0 Å². The van der Waals surface area contributed by atoms with Crippen LogP contribution in [0.2, 0.25) is 0 Å². The van der Waals surface area contributed by atoms with Crippen molar-refractivity contribution >= 4 is 33.6 Å². The number of nitrogens with zero attached hydrogens (tertiary/aromatic N) is 2. The summed E-state index contributed by atoms with van der Waals surface area (Å²) in [5.41, 5.74) is 16.9. The number of aryl methyl sites for hydroxylation is 4. The van der Waals surface area contributed by atoms with Gasteiger partial charge in [0.05, 0.1) is 16.6 Å². The Morgan fingerprint density at radius 3 is 1.42 bits per heavy atom. The molecular formula is C50H53N5O5. The summed E-state index contributed by atoms with van der Waals surface area (Å²) in [6, 6.07) is 39.3. The lowest BCUT2D eigenvalue weighted by Crippen LogP contribution is -2.18. The maximum Gasteiger partial charge on any atom is 0.338 e. The fourth-order valence-corrected chi connectivity index (χ4v) is 7.87. The van der Waals surface area contributed by atoms with Crippen molar-refractivity contribution in [3.05, 3.63) is 198 Å². The molecule has 4 aromatic heterocycles. The number of carboxylic acid groups (broad SMARTS) is 1. The number of rotatable bonds is 8. The van der Waals surface area contributed by atoms with Gasteiger partial charge in [-0.25, -0.2) is 4.79 Å². The van der Waals surface area contributed by atoms with Crippen LogP contribution in [0.3, 0.4) is 0 Å². The van der Waals surface area contributed by atoms with Gasteiger partial charge in [-0.15, -0.1) is 0 Å². The standard InChI is InChI=1S/C25H24N2O2.C16H13NO2.C8H12N2O.CH4/c1-16-15-17(2)26-25(29)20(16)13-14-23(28)24-18(3)27(19-9-5-4-6-10-19)22-12-8-7-11-21(22)24;1-11-15(16(18)19)13-9-5-6-10-14(13)17(11)12-7-3-2-4-8-12;1-5-3-6(2)10-8(11)7(5)4-9;/h4-12,15H,13-14H2,1-3H3,(H,26,29);2-10H,1H3,(H,18,19);3H,4,9H2,1-2H3,(H,10,11);1H4. The lowest BCUT2D eigenvalue weighted by Gasteiger charge is -2.09. The number of ketones is 1. The highest BCUT2D eigenvalue weighted by Crippen LogP contribution is 2.31. The number of carboxylic acids is 1. The van der Waals surface area contributed by atoms with E-state index >= 15 is 0 Å². The van der Waals surface area contributed by atoms with Crippen LogP contribution in [-0.4, -0.2) is 36.0 Å². The van der Waals surface area contributed by atoms with E-state index in [4.69, 9.17) is 5.73 Å². The number of aromatic nitrogens is 4. The number of H-pyrrole nitrogens is 2. The number of Topliss-reactive ketones (excluding diaryl/α,β-unsaturated/α-hetero) is 1. The zero-order valence-electron chi connectivity index (χ0n) is 34.2. The van der Waals surface area contributed by atoms with Gasteiger partial charge >= 0.3 is 5.97 Å². The Labute approximate surface area is 350 Å². The highest BCUT2D eigenvalue weighted by molar-refractivity contribution is 6.10. The second-order valence-electron chi connectivity index (χ2n) is 14.6. The van der Waals surface area contributed by atoms with Crippen molar-refractivity contribution in [1.82, 2.24) is 19.1 Å². The maximum atomic E-state index is 13.3. The van der Waals surface area contributed by atoms with Gasteiger partial charge in [-0.3, -0.25) is 14.4 Å². The molecule has 4 heterocycles. The zero-order chi connectivity index (χ0) is 42.4. The minimum absolute atomic E-state index is 0. The summed E-state index contributed by atoms with van der Waals surface area (Å²) < 4.78 is 4.12. The number of nitrogens with two attached hydrogens (primary N) is 1. The zero-order valence-corrected chi connectivity index (χ0v) is 34.2. The van der Waals surface area contributed by atoms with E-state index in [0.717, 1.165) is 72.6 Å². The van der Waals surface area contributed by atoms with E-state index in [9.17, 15) is 24.3 Å². The number of benzene rings is 4. The molecular weight excluding hydrogens is 751 g/mol. The molecule has 0 radical (unpaired) electrons. The Morgan fingerprint density at radius 1 is 0.583 bits per heavy atom. The largest absolute Gasteiger partial charge is 0.478 e. The summed E-state index contributed by atoms with van der Waals surface area (Å²) in [5, 5.41) is 11.1. The predicted octanol–water partition coefficient (Wildman–Crippen LogP) is 9.78. The smallest absolute Gasteiger partial charge is 0.338 e. The van der Waals surface area contributed by atoms with Gasteiger partial charge in [0, 0.05) is 74.6 Å². The van der Waals surface area contributed by atoms with Crippen molar-refractivity contribution in [3.8, 4) is 11.4 Å². The number of pyridine rings is 2. The second kappa shape index (κ2) is 19.1. The van der Waals surface area contributed by atoms with Crippen molar-refractivity contribution in [2.24, 2.45) is 5.73 Å². The summed E-state index contributed by atoms with van der Waals surface area (Å²) in [5.74, 6) is -0.823. The molecule has 0 atom stereocenters. The number of nitrogens with one attached hydrogen (secondary N) is 2. The molecule has 0 amide bonds. The molecule has 8 rings (SSSR count). The van der Waals surface area contributed by atoms with Gasteiger partial charge in [-0.05, 0) is 108 Å². The molecule has 0 aliphatic heterocycles. The maximum absolute atomic E-state index is 13.3. The van der Waals surface area contributed by atoms with E-state index in [1.807, 2.05) is 167 Å². The van der Waals surface area contributed by atoms with E-state index in [1.165, 1.54) is 0 Å². The molecule has 5 N–H and O–H groups in total. The molecule has 308 valence electrons. The molecule has 0 unspecified atom stereocenters. The Balaban J connectivity index is 0.000000189. The Hall–Kier alpha value is -7.04. The highest BCUT2D eigenvalue weighted by atomic mass is 16.4. The minimum Gasteiger partial charge on any atom is -0.478 e. The van der Waals surface area contributed by atoms with Gasteiger partial charge in [0.25, 0.3) is 11.1 Å². The Bertz CT molecular complexity index is 2920. The molecule has 60 heavy (non-hydrogen) atoms. The van der Waals surface area contributed by atoms with E-state index in [2.05, 4.69) is 14.5 Å². The predicted molar refractivity (Wildman–Crippen MR) is 243 cm³/mol. The number of hydrogen-bond acceptors (Lipinski definition) is 5. The lowest BCUT2D eigenvalue weighted by molar-refractivity contribution is 0.0697. The summed E-state index contributed by atoms with van der Waals surface area (Å²) in [6.45, 7) is 11.7. The second-order valence-corrected chi connectivity index (χ2v) is 14.6. The normalized spacial score (nSPS) is 10.7. The Morgan fingerprint density at radius 2 is 0.983 bits per heavy atom. The van der Waals surface area contributed by atoms with Crippen molar-refractivity contribution in [1.29, 1.82) is 0 Å². The van der Waals surface area contributed by atoms with Crippen LogP contribution in [0.25, 0.3) is 33.2 Å². The third-order valence-electron chi connectivity index (χ3n) is 10.5. The van der Waals surface area contributed by atoms with E-state index < -0.39 is 5.97 Å². The molecule has 4 aromatic carbocycles. The van der Waals surface area contributed by atoms with Crippen LogP contribution in [-0.2, 0) is 13.0 Å². The van der Waals surface area contributed by atoms with E-state index in [-0.39, 0.29) is 24.3 Å². The van der Waals surface area contributed by atoms with Gasteiger partial charge < -0.3 is 29.9 Å². The van der Waals surface area contributed by atoms with Crippen LogP contribution < -0.4 is 16.9 Å². The quantitative estimate of drug-likeness (QED) is 0.112. The van der Waals surface area contributed by atoms with Crippen molar-refractivity contribution < 1.29 is 14.7 Å². The van der Waals surface area contributed by atoms with Gasteiger partial charge in [0.15, 0.2) is 5.78 Å². The molecule has 8 aromatic rings. The fraction of sp³-hybridized carbons (Fsp3) is 0.200. The third-order valence-corrected chi connectivity index (χ3v) is 10.5. The van der Waals surface area contributed by atoms with Gasteiger partial charge in [-0.2, -0.15) is 0 Å². The molecule has 10 heteroatoms. The SMILES string of the molecule is C.Cc1c(C(=O)O)c2ccccc2n1-c1ccccc1.Cc1cc(C)c(CCC(=O)c2c(C)n(-c3ccccc3)c3ccccc23)c(=O)[nH]1.Cc1cc(C)c(CN)c(=O)[nH]1. The molecule has 0 saturated heterocycles. The number of aromatic amines is 2. The van der Waals surface area contributed by atoms with Gasteiger partial charge in [0.1, 0.15) is 0 Å². The first-order valence-corrected chi connectivity index (χ1v) is 19.5. The average molecular weight is 804 g/mol. The van der Waals surface area contributed by atoms with Crippen LogP contribution in [0.1, 0.15) is 79.6 Å². The monoisotopic (exact) mass is 803 g/mol. The fourth-order valence-electron chi connectivity index (χ4n) is 7.87.